The summed E-state index contributed by atoms with van der Waals surface area (Å²) in [5.74, 6) is 0.309. The highest BCUT2D eigenvalue weighted by molar-refractivity contribution is 7.99. The van der Waals surface area contributed by atoms with Crippen LogP contribution in [0.2, 0.25) is 0 Å². The molecule has 1 aromatic rings. The second-order valence-electron chi connectivity index (χ2n) is 4.23. The Morgan fingerprint density at radius 1 is 1.65 bits per heavy atom. The molecule has 2 rings (SSSR count). The van der Waals surface area contributed by atoms with Crippen molar-refractivity contribution >= 4 is 39.7 Å². The van der Waals surface area contributed by atoms with Crippen LogP contribution in [-0.4, -0.2) is 18.2 Å². The quantitative estimate of drug-likeness (QED) is 0.718. The van der Waals surface area contributed by atoms with E-state index in [1.165, 1.54) is 24.2 Å². The fourth-order valence-electron chi connectivity index (χ4n) is 1.95. The fourth-order valence-corrected chi connectivity index (χ4v) is 3.89. The third-order valence-electron chi connectivity index (χ3n) is 3.09. The van der Waals surface area contributed by atoms with E-state index in [-0.39, 0.29) is 0 Å². The third-order valence-corrected chi connectivity index (χ3v) is 5.20. The molecule has 0 bridgehead atoms. The molecule has 1 saturated carbocycles. The van der Waals surface area contributed by atoms with Crippen molar-refractivity contribution in [3.8, 4) is 0 Å². The number of hydrogen-bond donors (Lipinski definition) is 3. The summed E-state index contributed by atoms with van der Waals surface area (Å²) in [5, 5.41) is 4.45. The molecule has 94 valence electrons. The maximum Gasteiger partial charge on any atom is 0.261 e. The van der Waals surface area contributed by atoms with Gasteiger partial charge in [0.2, 0.25) is 0 Å². The molecule has 6 heteroatoms. The van der Waals surface area contributed by atoms with Gasteiger partial charge in [-0.3, -0.25) is 4.79 Å². The molecule has 4 nitrogen and oxygen atoms in total. The first-order valence-electron chi connectivity index (χ1n) is 5.61. The molecular weight excluding hydrogens is 254 g/mol. The number of carbonyl (C=O) groups excluding carboxylic acids is 1. The number of primary amides is 1. The number of nitrogens with one attached hydrogen (secondary N) is 1. The molecule has 0 spiro atoms. The van der Waals surface area contributed by atoms with E-state index in [2.05, 4.69) is 12.2 Å². The molecule has 1 amide bonds. The molecule has 1 aliphatic carbocycles. The molecule has 0 aromatic carbocycles. The first-order chi connectivity index (χ1) is 8.08. The van der Waals surface area contributed by atoms with Crippen LogP contribution >= 0.6 is 23.1 Å². The Hall–Kier alpha value is -0.880. The van der Waals surface area contributed by atoms with Gasteiger partial charge < -0.3 is 16.8 Å². The number of carbonyl (C=O) groups is 1. The van der Waals surface area contributed by atoms with Crippen LogP contribution in [0.3, 0.4) is 0 Å². The number of hydrogen-bond acceptors (Lipinski definition) is 5. The normalized spacial score (nSPS) is 22.5. The highest BCUT2D eigenvalue weighted by Crippen LogP contribution is 2.45. The van der Waals surface area contributed by atoms with Crippen LogP contribution < -0.4 is 16.8 Å². The van der Waals surface area contributed by atoms with E-state index in [4.69, 9.17) is 11.5 Å². The molecule has 17 heavy (non-hydrogen) atoms. The molecule has 2 unspecified atom stereocenters. The SMILES string of the molecule is CCC1CC1Nc1sc(C(N)=O)c(N)c1SC. The van der Waals surface area contributed by atoms with E-state index < -0.39 is 5.91 Å². The molecule has 0 radical (unpaired) electrons. The predicted octanol–water partition coefficient (Wildman–Crippen LogP) is 2.36. The number of nitrogen functional groups attached to an aromatic ring is 1. The highest BCUT2D eigenvalue weighted by Gasteiger charge is 2.36. The summed E-state index contributed by atoms with van der Waals surface area (Å²) in [6.07, 6.45) is 4.35. The molecule has 1 aliphatic rings. The Labute approximate surface area is 109 Å². The zero-order chi connectivity index (χ0) is 12.6. The van der Waals surface area contributed by atoms with Crippen molar-refractivity contribution in [2.24, 2.45) is 11.7 Å². The van der Waals surface area contributed by atoms with Crippen LogP contribution in [0.15, 0.2) is 4.90 Å². The summed E-state index contributed by atoms with van der Waals surface area (Å²) in [5.41, 5.74) is 11.8. The zero-order valence-electron chi connectivity index (χ0n) is 9.95. The molecular formula is C11H17N3OS2. The largest absolute Gasteiger partial charge is 0.396 e. The Morgan fingerprint density at radius 2 is 2.35 bits per heavy atom. The summed E-state index contributed by atoms with van der Waals surface area (Å²) in [6.45, 7) is 2.19. The van der Waals surface area contributed by atoms with Crippen molar-refractivity contribution in [1.29, 1.82) is 0 Å². The van der Waals surface area contributed by atoms with Crippen molar-refractivity contribution < 1.29 is 4.79 Å². The van der Waals surface area contributed by atoms with E-state index in [1.807, 2.05) is 6.26 Å². The molecule has 5 N–H and O–H groups in total. The number of rotatable bonds is 5. The topological polar surface area (TPSA) is 81.1 Å². The van der Waals surface area contributed by atoms with E-state index in [9.17, 15) is 4.79 Å². The number of amides is 1. The van der Waals surface area contributed by atoms with Gasteiger partial charge in [-0.25, -0.2) is 0 Å². The van der Waals surface area contributed by atoms with Gasteiger partial charge in [0.25, 0.3) is 5.91 Å². The maximum atomic E-state index is 11.2. The van der Waals surface area contributed by atoms with Gasteiger partial charge in [-0.15, -0.1) is 23.1 Å². The van der Waals surface area contributed by atoms with Crippen LogP contribution in [0, 0.1) is 5.92 Å². The average molecular weight is 271 g/mol. The first-order valence-corrected chi connectivity index (χ1v) is 7.65. The van der Waals surface area contributed by atoms with Gasteiger partial charge in [-0.1, -0.05) is 13.3 Å². The molecule has 0 saturated heterocycles. The lowest BCUT2D eigenvalue weighted by molar-refractivity contribution is 0.100. The minimum absolute atomic E-state index is 0.446. The average Bonchev–Trinajstić information content (AvgIpc) is 2.95. The Bertz CT molecular complexity index is 444. The molecule has 1 heterocycles. The van der Waals surface area contributed by atoms with Crippen molar-refractivity contribution in [2.45, 2.75) is 30.7 Å². The monoisotopic (exact) mass is 271 g/mol. The van der Waals surface area contributed by atoms with Crippen molar-refractivity contribution in [2.75, 3.05) is 17.3 Å². The lowest BCUT2D eigenvalue weighted by Crippen LogP contribution is -2.10. The number of thiophene rings is 1. The molecule has 2 atom stereocenters. The van der Waals surface area contributed by atoms with Crippen LogP contribution in [0.4, 0.5) is 10.7 Å². The Kier molecular flexibility index (Phi) is 3.53. The maximum absolute atomic E-state index is 11.2. The molecule has 1 fully saturated rings. The minimum atomic E-state index is -0.446. The smallest absolute Gasteiger partial charge is 0.261 e. The van der Waals surface area contributed by atoms with Gasteiger partial charge in [0.05, 0.1) is 10.6 Å². The van der Waals surface area contributed by atoms with Crippen LogP contribution in [0.25, 0.3) is 0 Å². The summed E-state index contributed by atoms with van der Waals surface area (Å²) < 4.78 is 0. The van der Waals surface area contributed by atoms with Crippen LogP contribution in [-0.2, 0) is 0 Å². The summed E-state index contributed by atoms with van der Waals surface area (Å²) in [6, 6.07) is 0.532. The zero-order valence-corrected chi connectivity index (χ0v) is 11.6. The van der Waals surface area contributed by atoms with Gasteiger partial charge in [0.15, 0.2) is 0 Å². The van der Waals surface area contributed by atoms with E-state index >= 15 is 0 Å². The van der Waals surface area contributed by atoms with Gasteiger partial charge in [0, 0.05) is 6.04 Å². The van der Waals surface area contributed by atoms with Gasteiger partial charge in [-0.2, -0.15) is 0 Å². The van der Waals surface area contributed by atoms with Gasteiger partial charge >= 0.3 is 0 Å². The number of thioether (sulfide) groups is 1. The van der Waals surface area contributed by atoms with Gasteiger partial charge in [-0.05, 0) is 18.6 Å². The van der Waals surface area contributed by atoms with E-state index in [1.54, 1.807) is 11.8 Å². The Morgan fingerprint density at radius 3 is 2.82 bits per heavy atom. The lowest BCUT2D eigenvalue weighted by atomic mass is 10.3. The van der Waals surface area contributed by atoms with Crippen molar-refractivity contribution in [3.63, 3.8) is 0 Å². The highest BCUT2D eigenvalue weighted by atomic mass is 32.2. The first kappa shape index (κ1) is 12.6. The van der Waals surface area contributed by atoms with Crippen molar-refractivity contribution in [3.05, 3.63) is 4.88 Å². The molecule has 1 aromatic heterocycles. The summed E-state index contributed by atoms with van der Waals surface area (Å²) in [7, 11) is 0. The van der Waals surface area contributed by atoms with Gasteiger partial charge in [0.1, 0.15) is 9.88 Å². The molecule has 0 aliphatic heterocycles. The third kappa shape index (κ3) is 2.37. The number of anilines is 2. The Balaban J connectivity index is 2.21. The predicted molar refractivity (Wildman–Crippen MR) is 74.8 cm³/mol. The second kappa shape index (κ2) is 4.78. The van der Waals surface area contributed by atoms with Crippen molar-refractivity contribution in [1.82, 2.24) is 0 Å². The standard InChI is InChI=1S/C11H17N3OS2/c1-3-5-4-6(5)14-11-9(16-2)7(12)8(17-11)10(13)15/h5-6,14H,3-4,12H2,1-2H3,(H2,13,15). The lowest BCUT2D eigenvalue weighted by Gasteiger charge is -2.04. The van der Waals surface area contributed by atoms with Crippen LogP contribution in [0.1, 0.15) is 29.4 Å². The number of nitrogens with two attached hydrogens (primary N) is 2. The van der Waals surface area contributed by atoms with Crippen LogP contribution in [0.5, 0.6) is 0 Å². The second-order valence-corrected chi connectivity index (χ2v) is 6.06. The summed E-state index contributed by atoms with van der Waals surface area (Å²) >= 11 is 2.92. The minimum Gasteiger partial charge on any atom is -0.396 e. The van der Waals surface area contributed by atoms with E-state index in [0.717, 1.165) is 15.8 Å². The fraction of sp³-hybridized carbons (Fsp3) is 0.545. The van der Waals surface area contributed by atoms with E-state index in [0.29, 0.717) is 16.6 Å². The summed E-state index contributed by atoms with van der Waals surface area (Å²) in [4.78, 5) is 12.7.